The lowest BCUT2D eigenvalue weighted by Gasteiger charge is -2.01. The molecule has 0 saturated carbocycles. The van der Waals surface area contributed by atoms with E-state index in [0.29, 0.717) is 6.61 Å². The molecule has 0 aliphatic carbocycles. The smallest absolute Gasteiger partial charge is 0.159 e. The molecule has 0 heterocycles. The van der Waals surface area contributed by atoms with Crippen molar-refractivity contribution in [1.82, 2.24) is 0 Å². The zero-order chi connectivity index (χ0) is 14.2. The number of carbonyl (C=O) groups is 1. The summed E-state index contributed by atoms with van der Waals surface area (Å²) in [7, 11) is 0. The van der Waals surface area contributed by atoms with Crippen molar-refractivity contribution < 1.29 is 9.53 Å². The Labute approximate surface area is 119 Å². The van der Waals surface area contributed by atoms with Gasteiger partial charge in [-0.15, -0.1) is 0 Å². The second-order valence-corrected chi connectivity index (χ2v) is 4.63. The van der Waals surface area contributed by atoms with Crippen LogP contribution in [-0.2, 0) is 17.8 Å². The van der Waals surface area contributed by atoms with Crippen LogP contribution < -0.4 is 0 Å². The average molecular weight is 266 g/mol. The van der Waals surface area contributed by atoms with Crippen molar-refractivity contribution in [1.29, 1.82) is 0 Å². The molecular weight excluding hydrogens is 248 g/mol. The molecule has 0 aliphatic heterocycles. The molecule has 0 N–H and O–H groups in total. The monoisotopic (exact) mass is 266 g/mol. The van der Waals surface area contributed by atoms with Crippen molar-refractivity contribution in [3.8, 4) is 0 Å². The maximum absolute atomic E-state index is 11.2. The molecule has 0 aliphatic rings. The number of Topliss-reactive ketones (excluding diaryl/α,β-unsaturated/α-hetero) is 1. The standard InChI is InChI=1S/C18H18O2/c1-15(19)18-11-9-16(10-12-18)8-5-13-20-14-17-6-3-2-4-7-17/h2-7,9-13H,8,14H2,1H3/b13-5-. The highest BCUT2D eigenvalue weighted by atomic mass is 16.5. The predicted octanol–water partition coefficient (Wildman–Crippen LogP) is 4.16. The third-order valence-corrected chi connectivity index (χ3v) is 3.00. The molecule has 0 amide bonds. The summed E-state index contributed by atoms with van der Waals surface area (Å²) in [6.07, 6.45) is 4.50. The van der Waals surface area contributed by atoms with Crippen molar-refractivity contribution in [2.45, 2.75) is 20.0 Å². The third kappa shape index (κ3) is 4.39. The van der Waals surface area contributed by atoms with Gasteiger partial charge >= 0.3 is 0 Å². The molecule has 0 unspecified atom stereocenters. The summed E-state index contributed by atoms with van der Waals surface area (Å²) in [5.74, 6) is 0.0956. The minimum atomic E-state index is 0.0956. The number of ketones is 1. The second kappa shape index (κ2) is 7.29. The molecule has 20 heavy (non-hydrogen) atoms. The van der Waals surface area contributed by atoms with Crippen LogP contribution in [0, 0.1) is 0 Å². The largest absolute Gasteiger partial charge is 0.497 e. The van der Waals surface area contributed by atoms with E-state index in [1.54, 1.807) is 13.2 Å². The summed E-state index contributed by atoms with van der Waals surface area (Å²) in [5.41, 5.74) is 3.07. The molecule has 2 heteroatoms. The topological polar surface area (TPSA) is 26.3 Å². The van der Waals surface area contributed by atoms with Gasteiger partial charge in [0.2, 0.25) is 0 Å². The minimum Gasteiger partial charge on any atom is -0.497 e. The number of carbonyl (C=O) groups excluding carboxylic acids is 1. The second-order valence-electron chi connectivity index (χ2n) is 4.63. The van der Waals surface area contributed by atoms with Gasteiger partial charge in [0.1, 0.15) is 6.61 Å². The molecule has 0 bridgehead atoms. The summed E-state index contributed by atoms with van der Waals surface area (Å²) in [5, 5.41) is 0. The third-order valence-electron chi connectivity index (χ3n) is 3.00. The van der Waals surface area contributed by atoms with Gasteiger partial charge in [0, 0.05) is 5.56 Å². The lowest BCUT2D eigenvalue weighted by Crippen LogP contribution is -1.92. The summed E-state index contributed by atoms with van der Waals surface area (Å²) >= 11 is 0. The quantitative estimate of drug-likeness (QED) is 0.579. The fourth-order valence-electron chi connectivity index (χ4n) is 1.85. The van der Waals surface area contributed by atoms with Crippen LogP contribution in [0.3, 0.4) is 0 Å². The number of benzene rings is 2. The number of ether oxygens (including phenoxy) is 1. The highest BCUT2D eigenvalue weighted by Gasteiger charge is 1.97. The molecule has 2 rings (SSSR count). The van der Waals surface area contributed by atoms with Crippen molar-refractivity contribution in [2.24, 2.45) is 0 Å². The Hall–Kier alpha value is -2.35. The van der Waals surface area contributed by atoms with Gasteiger partial charge in [-0.05, 0) is 30.5 Å². The molecule has 0 aromatic heterocycles. The maximum atomic E-state index is 11.2. The molecule has 2 aromatic carbocycles. The van der Waals surface area contributed by atoms with Gasteiger partial charge in [0.15, 0.2) is 5.78 Å². The van der Waals surface area contributed by atoms with E-state index in [1.807, 2.05) is 60.7 Å². The normalized spacial score (nSPS) is 10.7. The van der Waals surface area contributed by atoms with Gasteiger partial charge in [-0.25, -0.2) is 0 Å². The Balaban J connectivity index is 1.77. The predicted molar refractivity (Wildman–Crippen MR) is 80.5 cm³/mol. The van der Waals surface area contributed by atoms with Crippen LogP contribution in [0.1, 0.15) is 28.4 Å². The lowest BCUT2D eigenvalue weighted by molar-refractivity contribution is 0.101. The Morgan fingerprint density at radius 3 is 2.35 bits per heavy atom. The van der Waals surface area contributed by atoms with Gasteiger partial charge in [-0.3, -0.25) is 4.79 Å². The van der Waals surface area contributed by atoms with Gasteiger partial charge in [0.05, 0.1) is 6.26 Å². The zero-order valence-corrected chi connectivity index (χ0v) is 11.6. The van der Waals surface area contributed by atoms with E-state index in [-0.39, 0.29) is 5.78 Å². The first-order valence-electron chi connectivity index (χ1n) is 6.66. The SMILES string of the molecule is CC(=O)c1ccc(C/C=C\OCc2ccccc2)cc1. The molecule has 0 radical (unpaired) electrons. The summed E-state index contributed by atoms with van der Waals surface area (Å²) in [6.45, 7) is 2.16. The summed E-state index contributed by atoms with van der Waals surface area (Å²) < 4.78 is 5.47. The van der Waals surface area contributed by atoms with Crippen molar-refractivity contribution in [2.75, 3.05) is 0 Å². The average Bonchev–Trinajstić information content (AvgIpc) is 2.48. The Bertz CT molecular complexity index is 568. The first-order chi connectivity index (χ1) is 9.75. The van der Waals surface area contributed by atoms with Gasteiger partial charge in [-0.2, -0.15) is 0 Å². The molecule has 0 saturated heterocycles. The van der Waals surface area contributed by atoms with Gasteiger partial charge < -0.3 is 4.74 Å². The maximum Gasteiger partial charge on any atom is 0.159 e. The van der Waals surface area contributed by atoms with Crippen molar-refractivity contribution >= 4 is 5.78 Å². The van der Waals surface area contributed by atoms with Gasteiger partial charge in [0.25, 0.3) is 0 Å². The Kier molecular flexibility index (Phi) is 5.13. The van der Waals surface area contributed by atoms with E-state index in [0.717, 1.165) is 23.1 Å². The Morgan fingerprint density at radius 2 is 1.70 bits per heavy atom. The number of allylic oxidation sites excluding steroid dienone is 1. The van der Waals surface area contributed by atoms with Crippen LogP contribution in [-0.4, -0.2) is 5.78 Å². The van der Waals surface area contributed by atoms with Crippen LogP contribution in [0.2, 0.25) is 0 Å². The first-order valence-corrected chi connectivity index (χ1v) is 6.66. The van der Waals surface area contributed by atoms with Crippen LogP contribution in [0.4, 0.5) is 0 Å². The molecule has 0 fully saturated rings. The van der Waals surface area contributed by atoms with E-state index in [2.05, 4.69) is 0 Å². The van der Waals surface area contributed by atoms with Crippen LogP contribution in [0.25, 0.3) is 0 Å². The fraction of sp³-hybridized carbons (Fsp3) is 0.167. The van der Waals surface area contributed by atoms with E-state index in [1.165, 1.54) is 0 Å². The van der Waals surface area contributed by atoms with Crippen molar-refractivity contribution in [3.63, 3.8) is 0 Å². The van der Waals surface area contributed by atoms with Crippen LogP contribution in [0.5, 0.6) is 0 Å². The molecule has 2 aromatic rings. The Morgan fingerprint density at radius 1 is 1.00 bits per heavy atom. The van der Waals surface area contributed by atoms with E-state index in [9.17, 15) is 4.79 Å². The summed E-state index contributed by atoms with van der Waals surface area (Å²) in [6, 6.07) is 17.7. The van der Waals surface area contributed by atoms with E-state index in [4.69, 9.17) is 4.74 Å². The molecule has 2 nitrogen and oxygen atoms in total. The number of hydrogen-bond donors (Lipinski definition) is 0. The molecule has 102 valence electrons. The summed E-state index contributed by atoms with van der Waals surface area (Å²) in [4.78, 5) is 11.2. The lowest BCUT2D eigenvalue weighted by atomic mass is 10.1. The highest BCUT2D eigenvalue weighted by Crippen LogP contribution is 2.07. The zero-order valence-electron chi connectivity index (χ0n) is 11.6. The highest BCUT2D eigenvalue weighted by molar-refractivity contribution is 5.93. The first kappa shape index (κ1) is 14.1. The molecular formula is C18H18O2. The fourth-order valence-corrected chi connectivity index (χ4v) is 1.85. The number of hydrogen-bond acceptors (Lipinski definition) is 2. The van der Waals surface area contributed by atoms with Crippen LogP contribution in [0.15, 0.2) is 66.9 Å². The minimum absolute atomic E-state index is 0.0956. The van der Waals surface area contributed by atoms with Crippen LogP contribution >= 0.6 is 0 Å². The van der Waals surface area contributed by atoms with Crippen molar-refractivity contribution in [3.05, 3.63) is 83.6 Å². The molecule has 0 atom stereocenters. The van der Waals surface area contributed by atoms with E-state index < -0.39 is 0 Å². The van der Waals surface area contributed by atoms with E-state index >= 15 is 0 Å². The molecule has 0 spiro atoms. The number of rotatable bonds is 6. The van der Waals surface area contributed by atoms with Gasteiger partial charge in [-0.1, -0.05) is 54.6 Å².